The molecule has 1 aromatic heterocycles. The lowest BCUT2D eigenvalue weighted by Crippen LogP contribution is -2.17. The predicted molar refractivity (Wildman–Crippen MR) is 81.9 cm³/mol. The quantitative estimate of drug-likeness (QED) is 0.923. The van der Waals surface area contributed by atoms with Crippen LogP contribution < -0.4 is 5.73 Å². The number of halogens is 1. The molecule has 1 heterocycles. The SMILES string of the molecule is Cc1cc(CC(C)N)cnc1Sc1ccc(Cl)cc1. The highest BCUT2D eigenvalue weighted by molar-refractivity contribution is 7.99. The summed E-state index contributed by atoms with van der Waals surface area (Å²) in [5, 5.41) is 1.78. The van der Waals surface area contributed by atoms with Crippen LogP contribution in [0.15, 0.2) is 46.5 Å². The van der Waals surface area contributed by atoms with Gasteiger partial charge >= 0.3 is 0 Å². The Morgan fingerprint density at radius 1 is 1.32 bits per heavy atom. The maximum absolute atomic E-state index is 5.88. The van der Waals surface area contributed by atoms with Crippen molar-refractivity contribution in [2.45, 2.75) is 36.2 Å². The van der Waals surface area contributed by atoms with Gasteiger partial charge < -0.3 is 5.73 Å². The molecule has 0 radical (unpaired) electrons. The minimum atomic E-state index is 0.163. The normalized spacial score (nSPS) is 12.4. The van der Waals surface area contributed by atoms with Crippen LogP contribution >= 0.6 is 23.4 Å². The lowest BCUT2D eigenvalue weighted by atomic mass is 10.1. The minimum Gasteiger partial charge on any atom is -0.328 e. The number of hydrogen-bond acceptors (Lipinski definition) is 3. The highest BCUT2D eigenvalue weighted by atomic mass is 35.5. The molecular weight excluding hydrogens is 276 g/mol. The van der Waals surface area contributed by atoms with Crippen molar-refractivity contribution in [2.75, 3.05) is 0 Å². The van der Waals surface area contributed by atoms with E-state index in [1.54, 1.807) is 11.8 Å². The van der Waals surface area contributed by atoms with Gasteiger partial charge in [-0.1, -0.05) is 29.4 Å². The van der Waals surface area contributed by atoms with Gasteiger partial charge in [0.05, 0.1) is 0 Å². The van der Waals surface area contributed by atoms with Crippen LogP contribution in [0.4, 0.5) is 0 Å². The molecular formula is C15H17ClN2S. The van der Waals surface area contributed by atoms with E-state index in [1.165, 1.54) is 11.1 Å². The van der Waals surface area contributed by atoms with Crippen molar-refractivity contribution in [1.29, 1.82) is 0 Å². The maximum Gasteiger partial charge on any atom is 0.104 e. The number of benzene rings is 1. The fraction of sp³-hybridized carbons (Fsp3) is 0.267. The van der Waals surface area contributed by atoms with E-state index in [4.69, 9.17) is 17.3 Å². The van der Waals surface area contributed by atoms with Crippen LogP contribution in [0.5, 0.6) is 0 Å². The molecule has 0 aliphatic heterocycles. The van der Waals surface area contributed by atoms with Crippen molar-refractivity contribution in [2.24, 2.45) is 5.73 Å². The lowest BCUT2D eigenvalue weighted by molar-refractivity contribution is 0.733. The topological polar surface area (TPSA) is 38.9 Å². The van der Waals surface area contributed by atoms with Crippen LogP contribution in [0.1, 0.15) is 18.1 Å². The van der Waals surface area contributed by atoms with Gasteiger partial charge in [-0.05, 0) is 55.7 Å². The molecule has 1 aromatic carbocycles. The van der Waals surface area contributed by atoms with Gasteiger partial charge in [0, 0.05) is 22.2 Å². The number of aryl methyl sites for hydroxylation is 1. The Labute approximate surface area is 123 Å². The van der Waals surface area contributed by atoms with Crippen molar-refractivity contribution in [3.05, 3.63) is 52.7 Å². The summed E-state index contributed by atoms with van der Waals surface area (Å²) in [5.41, 5.74) is 8.17. The molecule has 1 unspecified atom stereocenters. The van der Waals surface area contributed by atoms with Crippen LogP contribution in [-0.2, 0) is 6.42 Å². The Morgan fingerprint density at radius 3 is 2.58 bits per heavy atom. The van der Waals surface area contributed by atoms with Gasteiger partial charge in [-0.25, -0.2) is 4.98 Å². The molecule has 2 N–H and O–H groups in total. The van der Waals surface area contributed by atoms with E-state index in [0.717, 1.165) is 21.4 Å². The third-order valence-corrected chi connectivity index (χ3v) is 4.05. The second kappa shape index (κ2) is 6.42. The van der Waals surface area contributed by atoms with Crippen molar-refractivity contribution in [3.8, 4) is 0 Å². The molecule has 19 heavy (non-hydrogen) atoms. The molecule has 0 aliphatic rings. The number of nitrogens with zero attached hydrogens (tertiary/aromatic N) is 1. The summed E-state index contributed by atoms with van der Waals surface area (Å²) in [6.45, 7) is 4.08. The van der Waals surface area contributed by atoms with E-state index in [1.807, 2.05) is 37.4 Å². The third kappa shape index (κ3) is 4.23. The Balaban J connectivity index is 2.15. The monoisotopic (exact) mass is 292 g/mol. The van der Waals surface area contributed by atoms with Crippen LogP contribution in [0.3, 0.4) is 0 Å². The van der Waals surface area contributed by atoms with Gasteiger partial charge in [0.15, 0.2) is 0 Å². The summed E-state index contributed by atoms with van der Waals surface area (Å²) in [6.07, 6.45) is 2.77. The molecule has 0 amide bonds. The van der Waals surface area contributed by atoms with E-state index in [0.29, 0.717) is 0 Å². The van der Waals surface area contributed by atoms with Crippen LogP contribution in [0.25, 0.3) is 0 Å². The maximum atomic E-state index is 5.88. The molecule has 1 atom stereocenters. The van der Waals surface area contributed by atoms with Crippen molar-refractivity contribution >= 4 is 23.4 Å². The van der Waals surface area contributed by atoms with Crippen molar-refractivity contribution in [1.82, 2.24) is 4.98 Å². The molecule has 0 bridgehead atoms. The fourth-order valence-electron chi connectivity index (χ4n) is 1.82. The Morgan fingerprint density at radius 2 is 2.00 bits per heavy atom. The highest BCUT2D eigenvalue weighted by Gasteiger charge is 2.06. The first kappa shape index (κ1) is 14.4. The smallest absolute Gasteiger partial charge is 0.104 e. The lowest BCUT2D eigenvalue weighted by Gasteiger charge is -2.09. The third-order valence-electron chi connectivity index (χ3n) is 2.67. The summed E-state index contributed by atoms with van der Waals surface area (Å²) in [6, 6.07) is 10.1. The first-order valence-corrected chi connectivity index (χ1v) is 7.38. The van der Waals surface area contributed by atoms with Crippen LogP contribution in [0, 0.1) is 6.92 Å². The van der Waals surface area contributed by atoms with Crippen molar-refractivity contribution < 1.29 is 0 Å². The highest BCUT2D eigenvalue weighted by Crippen LogP contribution is 2.29. The molecule has 0 fully saturated rings. The molecule has 0 saturated carbocycles. The van der Waals surface area contributed by atoms with Gasteiger partial charge in [-0.2, -0.15) is 0 Å². The summed E-state index contributed by atoms with van der Waals surface area (Å²) in [4.78, 5) is 5.66. The number of pyridine rings is 1. The van der Waals surface area contributed by atoms with Gasteiger partial charge in [-0.3, -0.25) is 0 Å². The van der Waals surface area contributed by atoms with Gasteiger partial charge in [0.1, 0.15) is 5.03 Å². The van der Waals surface area contributed by atoms with Crippen LogP contribution in [0.2, 0.25) is 5.02 Å². The summed E-state index contributed by atoms with van der Waals surface area (Å²) in [7, 11) is 0. The number of aromatic nitrogens is 1. The van der Waals surface area contributed by atoms with E-state index in [-0.39, 0.29) is 6.04 Å². The van der Waals surface area contributed by atoms with E-state index < -0.39 is 0 Å². The Hall–Kier alpha value is -1.03. The molecule has 100 valence electrons. The van der Waals surface area contributed by atoms with Crippen molar-refractivity contribution in [3.63, 3.8) is 0 Å². The minimum absolute atomic E-state index is 0.163. The Bertz CT molecular complexity index is 553. The zero-order valence-corrected chi connectivity index (χ0v) is 12.6. The zero-order valence-electron chi connectivity index (χ0n) is 11.1. The molecule has 2 aromatic rings. The molecule has 4 heteroatoms. The Kier molecular flexibility index (Phi) is 4.86. The second-order valence-corrected chi connectivity index (χ2v) is 6.20. The summed E-state index contributed by atoms with van der Waals surface area (Å²) < 4.78 is 0. The molecule has 0 aliphatic carbocycles. The number of nitrogens with two attached hydrogens (primary N) is 1. The number of hydrogen-bond donors (Lipinski definition) is 1. The molecule has 2 rings (SSSR count). The zero-order chi connectivity index (χ0) is 13.8. The first-order chi connectivity index (χ1) is 9.04. The molecule has 0 spiro atoms. The van der Waals surface area contributed by atoms with Gasteiger partial charge in [0.25, 0.3) is 0 Å². The first-order valence-electron chi connectivity index (χ1n) is 6.19. The average molecular weight is 293 g/mol. The summed E-state index contributed by atoms with van der Waals surface area (Å²) in [5.74, 6) is 0. The standard InChI is InChI=1S/C15H17ClN2S/c1-10-7-12(8-11(2)17)9-18-15(10)19-14-5-3-13(16)4-6-14/h3-7,9,11H,8,17H2,1-2H3. The number of rotatable bonds is 4. The fourth-order valence-corrected chi connectivity index (χ4v) is 2.77. The molecule has 2 nitrogen and oxygen atoms in total. The average Bonchev–Trinajstić information content (AvgIpc) is 2.34. The second-order valence-electron chi connectivity index (χ2n) is 4.70. The van der Waals surface area contributed by atoms with Crippen LogP contribution in [-0.4, -0.2) is 11.0 Å². The van der Waals surface area contributed by atoms with Gasteiger partial charge in [-0.15, -0.1) is 0 Å². The molecule has 0 saturated heterocycles. The van der Waals surface area contributed by atoms with Gasteiger partial charge in [0.2, 0.25) is 0 Å². The van der Waals surface area contributed by atoms with E-state index >= 15 is 0 Å². The largest absolute Gasteiger partial charge is 0.328 e. The van der Waals surface area contributed by atoms with E-state index in [9.17, 15) is 0 Å². The summed E-state index contributed by atoms with van der Waals surface area (Å²) >= 11 is 7.53. The van der Waals surface area contributed by atoms with E-state index in [2.05, 4.69) is 18.0 Å². The predicted octanol–water partition coefficient (Wildman–Crippen LogP) is 4.08.